The third kappa shape index (κ3) is 3.06. The number of hydrogen-bond donors (Lipinski definition) is 0. The summed E-state index contributed by atoms with van der Waals surface area (Å²) in [5, 5.41) is 0. The third-order valence-electron chi connectivity index (χ3n) is 2.73. The highest BCUT2D eigenvalue weighted by atomic mass is 127. The van der Waals surface area contributed by atoms with Crippen LogP contribution in [-0.2, 0) is 6.42 Å². The zero-order valence-electron chi connectivity index (χ0n) is 9.71. The molecule has 0 aliphatic heterocycles. The van der Waals surface area contributed by atoms with Gasteiger partial charge in [-0.05, 0) is 52.3 Å². The highest BCUT2D eigenvalue weighted by Gasteiger charge is 2.05. The zero-order valence-corrected chi connectivity index (χ0v) is 11.9. The van der Waals surface area contributed by atoms with E-state index in [4.69, 9.17) is 0 Å². The van der Waals surface area contributed by atoms with Gasteiger partial charge in [-0.1, -0.05) is 43.7 Å². The van der Waals surface area contributed by atoms with Crippen molar-refractivity contribution in [1.29, 1.82) is 0 Å². The van der Waals surface area contributed by atoms with Crippen LogP contribution in [0.4, 0.5) is 4.39 Å². The zero-order chi connectivity index (χ0) is 12.3. The molecule has 0 fully saturated rings. The van der Waals surface area contributed by atoms with E-state index in [-0.39, 0.29) is 5.82 Å². The van der Waals surface area contributed by atoms with Crippen molar-refractivity contribution in [2.24, 2.45) is 0 Å². The summed E-state index contributed by atoms with van der Waals surface area (Å²) >= 11 is 2.12. The van der Waals surface area contributed by atoms with Gasteiger partial charge in [-0.3, -0.25) is 0 Å². The van der Waals surface area contributed by atoms with Crippen molar-refractivity contribution < 1.29 is 4.39 Å². The van der Waals surface area contributed by atoms with E-state index in [1.54, 1.807) is 6.07 Å². The lowest BCUT2D eigenvalue weighted by Gasteiger charge is -2.05. The first-order valence-electron chi connectivity index (χ1n) is 5.75. The molecule has 88 valence electrons. The fourth-order valence-corrected chi connectivity index (χ4v) is 2.32. The maximum atomic E-state index is 13.8. The van der Waals surface area contributed by atoms with Crippen molar-refractivity contribution in [2.45, 2.75) is 19.8 Å². The van der Waals surface area contributed by atoms with Gasteiger partial charge in [0.05, 0.1) is 0 Å². The smallest absolute Gasteiger partial charge is 0.132 e. The first-order valence-corrected chi connectivity index (χ1v) is 6.83. The van der Waals surface area contributed by atoms with Crippen molar-refractivity contribution >= 4 is 22.6 Å². The summed E-state index contributed by atoms with van der Waals surface area (Å²) in [6, 6.07) is 13.5. The molecule has 0 spiro atoms. The van der Waals surface area contributed by atoms with Gasteiger partial charge in [0.15, 0.2) is 0 Å². The highest BCUT2D eigenvalue weighted by Crippen LogP contribution is 2.24. The molecular weight excluding hydrogens is 326 g/mol. The first-order chi connectivity index (χ1) is 8.20. The van der Waals surface area contributed by atoms with Gasteiger partial charge in [-0.25, -0.2) is 4.39 Å². The van der Waals surface area contributed by atoms with E-state index in [9.17, 15) is 4.39 Å². The lowest BCUT2D eigenvalue weighted by molar-refractivity contribution is 0.630. The molecule has 0 aliphatic carbocycles. The van der Waals surface area contributed by atoms with Gasteiger partial charge in [0, 0.05) is 9.13 Å². The number of hydrogen-bond acceptors (Lipinski definition) is 0. The second-order valence-electron chi connectivity index (χ2n) is 4.07. The second kappa shape index (κ2) is 5.63. The molecule has 0 heterocycles. The summed E-state index contributed by atoms with van der Waals surface area (Å²) in [6.45, 7) is 2.16. The van der Waals surface area contributed by atoms with Crippen molar-refractivity contribution in [2.75, 3.05) is 0 Å². The van der Waals surface area contributed by atoms with Crippen molar-refractivity contribution in [3.8, 4) is 11.1 Å². The number of aryl methyl sites for hydroxylation is 1. The van der Waals surface area contributed by atoms with Crippen LogP contribution < -0.4 is 0 Å². The Kier molecular flexibility index (Phi) is 4.15. The summed E-state index contributed by atoms with van der Waals surface area (Å²) in [4.78, 5) is 0. The SMILES string of the molecule is CCCc1ccc(-c2ccc(I)cc2F)cc1. The normalized spacial score (nSPS) is 10.5. The average Bonchev–Trinajstić information content (AvgIpc) is 2.31. The fourth-order valence-electron chi connectivity index (χ4n) is 1.86. The van der Waals surface area contributed by atoms with Crippen LogP contribution in [0.2, 0.25) is 0 Å². The number of rotatable bonds is 3. The van der Waals surface area contributed by atoms with Crippen molar-refractivity contribution in [3.05, 3.63) is 57.4 Å². The van der Waals surface area contributed by atoms with Gasteiger partial charge in [-0.15, -0.1) is 0 Å². The third-order valence-corrected chi connectivity index (χ3v) is 3.41. The second-order valence-corrected chi connectivity index (χ2v) is 5.32. The molecule has 0 aliphatic rings. The minimum atomic E-state index is -0.153. The summed E-state index contributed by atoms with van der Waals surface area (Å²) in [5.74, 6) is -0.153. The fraction of sp³-hybridized carbons (Fsp3) is 0.200. The molecule has 0 atom stereocenters. The Labute approximate surface area is 115 Å². The molecule has 0 saturated heterocycles. The Morgan fingerprint density at radius 2 is 1.76 bits per heavy atom. The lowest BCUT2D eigenvalue weighted by atomic mass is 10.0. The van der Waals surface area contributed by atoms with Gasteiger partial charge in [0.2, 0.25) is 0 Å². The van der Waals surface area contributed by atoms with Crippen LogP contribution in [0.25, 0.3) is 11.1 Å². The molecule has 2 aromatic rings. The van der Waals surface area contributed by atoms with Gasteiger partial charge in [0.1, 0.15) is 5.82 Å². The van der Waals surface area contributed by atoms with Gasteiger partial charge < -0.3 is 0 Å². The molecule has 0 unspecified atom stereocenters. The Morgan fingerprint density at radius 1 is 1.06 bits per heavy atom. The Balaban J connectivity index is 2.33. The topological polar surface area (TPSA) is 0 Å². The molecule has 17 heavy (non-hydrogen) atoms. The van der Waals surface area contributed by atoms with Crippen LogP contribution in [0.15, 0.2) is 42.5 Å². The maximum Gasteiger partial charge on any atom is 0.132 e. The van der Waals surface area contributed by atoms with Crippen LogP contribution in [-0.4, -0.2) is 0 Å². The number of benzene rings is 2. The van der Waals surface area contributed by atoms with Crippen LogP contribution in [0.1, 0.15) is 18.9 Å². The Bertz CT molecular complexity index is 503. The van der Waals surface area contributed by atoms with E-state index in [1.807, 2.05) is 24.3 Å². The highest BCUT2D eigenvalue weighted by molar-refractivity contribution is 14.1. The van der Waals surface area contributed by atoms with Crippen LogP contribution in [0.5, 0.6) is 0 Å². The van der Waals surface area contributed by atoms with Gasteiger partial charge in [0.25, 0.3) is 0 Å². The molecule has 2 aromatic carbocycles. The minimum Gasteiger partial charge on any atom is -0.206 e. The van der Waals surface area contributed by atoms with Gasteiger partial charge >= 0.3 is 0 Å². The predicted molar refractivity (Wildman–Crippen MR) is 78.5 cm³/mol. The molecule has 2 heteroatoms. The number of halogens is 2. The molecule has 2 rings (SSSR count). The maximum absolute atomic E-state index is 13.8. The summed E-state index contributed by atoms with van der Waals surface area (Å²) in [6.07, 6.45) is 2.21. The van der Waals surface area contributed by atoms with Crippen LogP contribution in [0.3, 0.4) is 0 Å². The summed E-state index contributed by atoms with van der Waals surface area (Å²) < 4.78 is 14.7. The van der Waals surface area contributed by atoms with E-state index in [0.717, 1.165) is 22.0 Å². The quantitative estimate of drug-likeness (QED) is 0.686. The van der Waals surface area contributed by atoms with E-state index < -0.39 is 0 Å². The Hall–Kier alpha value is -0.900. The largest absolute Gasteiger partial charge is 0.206 e. The Morgan fingerprint density at radius 3 is 2.35 bits per heavy atom. The van der Waals surface area contributed by atoms with E-state index >= 15 is 0 Å². The predicted octanol–water partition coefficient (Wildman–Crippen LogP) is 5.05. The molecule has 0 radical (unpaired) electrons. The average molecular weight is 340 g/mol. The minimum absolute atomic E-state index is 0.153. The van der Waals surface area contributed by atoms with E-state index in [1.165, 1.54) is 5.56 Å². The van der Waals surface area contributed by atoms with Crippen LogP contribution >= 0.6 is 22.6 Å². The molecule has 0 amide bonds. The molecule has 0 saturated carbocycles. The molecule has 0 aromatic heterocycles. The van der Waals surface area contributed by atoms with Crippen molar-refractivity contribution in [3.63, 3.8) is 0 Å². The van der Waals surface area contributed by atoms with Crippen molar-refractivity contribution in [1.82, 2.24) is 0 Å². The standard InChI is InChI=1S/C15H14FI/c1-2-3-11-4-6-12(7-5-11)14-9-8-13(17)10-15(14)16/h4-10H,2-3H2,1H3. The molecule has 0 bridgehead atoms. The lowest BCUT2D eigenvalue weighted by Crippen LogP contribution is -1.87. The van der Waals surface area contributed by atoms with E-state index in [2.05, 4.69) is 41.6 Å². The van der Waals surface area contributed by atoms with Crippen LogP contribution in [0, 0.1) is 9.39 Å². The molecule has 0 nitrogen and oxygen atoms in total. The summed E-state index contributed by atoms with van der Waals surface area (Å²) in [5.41, 5.74) is 2.93. The van der Waals surface area contributed by atoms with Gasteiger partial charge in [-0.2, -0.15) is 0 Å². The summed E-state index contributed by atoms with van der Waals surface area (Å²) in [7, 11) is 0. The first kappa shape index (κ1) is 12.6. The monoisotopic (exact) mass is 340 g/mol. The molecular formula is C15H14FI. The molecule has 0 N–H and O–H groups in total. The van der Waals surface area contributed by atoms with E-state index in [0.29, 0.717) is 5.56 Å².